The fraction of sp³-hybridized carbons (Fsp3) is 0. The molecule has 29 heavy (non-hydrogen) atoms. The molecule has 0 saturated carbocycles. The summed E-state index contributed by atoms with van der Waals surface area (Å²) in [5.74, 6) is 0. The highest BCUT2D eigenvalue weighted by atomic mass is 16.3. The van der Waals surface area contributed by atoms with Crippen LogP contribution in [0.2, 0.25) is 0 Å². The number of fused-ring (bicyclic) bond motifs is 3. The average Bonchev–Trinajstić information content (AvgIpc) is 3.13. The van der Waals surface area contributed by atoms with Gasteiger partial charge in [0.05, 0.1) is 0 Å². The Morgan fingerprint density at radius 2 is 1.31 bits per heavy atom. The molecule has 0 unspecified atom stereocenters. The summed E-state index contributed by atoms with van der Waals surface area (Å²) in [6.45, 7) is 7.57. The molecule has 0 bridgehead atoms. The third-order valence-corrected chi connectivity index (χ3v) is 4.80. The van der Waals surface area contributed by atoms with E-state index in [1.807, 2.05) is 48.6 Å². The van der Waals surface area contributed by atoms with Crippen LogP contribution in [0.25, 0.3) is 40.2 Å². The number of hydrogen-bond donors (Lipinski definition) is 0. The summed E-state index contributed by atoms with van der Waals surface area (Å²) in [6, 6.07) is 22.9. The third kappa shape index (κ3) is 4.20. The Kier molecular flexibility index (Phi) is 5.40. The molecule has 1 heteroatoms. The molecule has 1 nitrogen and oxygen atoms in total. The van der Waals surface area contributed by atoms with Crippen molar-refractivity contribution in [1.29, 1.82) is 0 Å². The second-order valence-electron chi connectivity index (χ2n) is 6.80. The molecule has 4 aromatic rings. The molecule has 0 saturated heterocycles. The topological polar surface area (TPSA) is 13.1 Å². The van der Waals surface area contributed by atoms with E-state index in [1.165, 1.54) is 5.56 Å². The van der Waals surface area contributed by atoms with Crippen LogP contribution in [0.15, 0.2) is 114 Å². The maximum absolute atomic E-state index is 6.02. The van der Waals surface area contributed by atoms with Crippen LogP contribution in [0.1, 0.15) is 16.7 Å². The number of hydrogen-bond acceptors (Lipinski definition) is 1. The van der Waals surface area contributed by atoms with Crippen LogP contribution in [-0.4, -0.2) is 0 Å². The first-order chi connectivity index (χ1) is 14.3. The van der Waals surface area contributed by atoms with Crippen molar-refractivity contribution in [3.63, 3.8) is 0 Å². The molecule has 0 atom stereocenters. The fourth-order valence-electron chi connectivity index (χ4n) is 3.30. The molecular weight excluding hydrogens is 352 g/mol. The lowest BCUT2D eigenvalue weighted by molar-refractivity contribution is 0.669. The van der Waals surface area contributed by atoms with Crippen molar-refractivity contribution in [3.8, 4) is 0 Å². The Hall–Kier alpha value is -3.84. The van der Waals surface area contributed by atoms with Crippen molar-refractivity contribution >= 4 is 40.2 Å². The summed E-state index contributed by atoms with van der Waals surface area (Å²) in [5, 5.41) is 2.24. The molecule has 0 amide bonds. The Balaban J connectivity index is 1.71. The summed E-state index contributed by atoms with van der Waals surface area (Å²) < 4.78 is 6.02. The first-order valence-electron chi connectivity index (χ1n) is 9.59. The molecule has 140 valence electrons. The van der Waals surface area contributed by atoms with Crippen molar-refractivity contribution in [2.24, 2.45) is 0 Å². The van der Waals surface area contributed by atoms with E-state index in [9.17, 15) is 0 Å². The first kappa shape index (κ1) is 18.5. The van der Waals surface area contributed by atoms with Gasteiger partial charge in [0.2, 0.25) is 0 Å². The van der Waals surface area contributed by atoms with Crippen LogP contribution in [0, 0.1) is 0 Å². The van der Waals surface area contributed by atoms with Crippen LogP contribution in [0.4, 0.5) is 0 Å². The van der Waals surface area contributed by atoms with Crippen LogP contribution in [-0.2, 0) is 0 Å². The standard InChI is InChI=1S/C28H22O/c1-3-8-21(4-2)11-13-23-15-17-27-25(19-23)26-20-24(16-18-28(26)29-27)14-12-22-9-6-5-7-10-22/h3-20H,1-2H2/b13-11+,14-12+,21-8+. The van der Waals surface area contributed by atoms with Crippen LogP contribution < -0.4 is 0 Å². The van der Waals surface area contributed by atoms with E-state index < -0.39 is 0 Å². The summed E-state index contributed by atoms with van der Waals surface area (Å²) in [4.78, 5) is 0. The normalized spacial score (nSPS) is 12.3. The zero-order valence-electron chi connectivity index (χ0n) is 16.2. The van der Waals surface area contributed by atoms with Gasteiger partial charge in [-0.1, -0.05) is 98.2 Å². The Morgan fingerprint density at radius 3 is 1.93 bits per heavy atom. The lowest BCUT2D eigenvalue weighted by Crippen LogP contribution is -1.75. The van der Waals surface area contributed by atoms with Crippen molar-refractivity contribution in [3.05, 3.63) is 126 Å². The number of furan rings is 1. The van der Waals surface area contributed by atoms with E-state index in [-0.39, 0.29) is 0 Å². The van der Waals surface area contributed by atoms with E-state index >= 15 is 0 Å². The van der Waals surface area contributed by atoms with Crippen molar-refractivity contribution in [2.45, 2.75) is 0 Å². The lowest BCUT2D eigenvalue weighted by atomic mass is 10.1. The van der Waals surface area contributed by atoms with Crippen molar-refractivity contribution in [2.75, 3.05) is 0 Å². The van der Waals surface area contributed by atoms with Gasteiger partial charge < -0.3 is 4.42 Å². The van der Waals surface area contributed by atoms with Gasteiger partial charge in [-0.15, -0.1) is 0 Å². The van der Waals surface area contributed by atoms with E-state index in [1.54, 1.807) is 6.08 Å². The highest BCUT2D eigenvalue weighted by molar-refractivity contribution is 6.06. The third-order valence-electron chi connectivity index (χ3n) is 4.80. The highest BCUT2D eigenvalue weighted by Gasteiger charge is 2.07. The maximum Gasteiger partial charge on any atom is 0.135 e. The Labute approximate surface area is 171 Å². The van der Waals surface area contributed by atoms with Crippen LogP contribution >= 0.6 is 0 Å². The first-order valence-corrected chi connectivity index (χ1v) is 9.59. The quantitative estimate of drug-likeness (QED) is 0.246. The molecule has 0 spiro atoms. The van der Waals surface area contributed by atoms with Crippen LogP contribution in [0.5, 0.6) is 0 Å². The van der Waals surface area contributed by atoms with Crippen LogP contribution in [0.3, 0.4) is 0 Å². The van der Waals surface area contributed by atoms with E-state index in [4.69, 9.17) is 4.42 Å². The van der Waals surface area contributed by atoms with Crippen molar-refractivity contribution < 1.29 is 4.42 Å². The van der Waals surface area contributed by atoms with Gasteiger partial charge in [0, 0.05) is 10.8 Å². The minimum Gasteiger partial charge on any atom is -0.456 e. The smallest absolute Gasteiger partial charge is 0.135 e. The minimum absolute atomic E-state index is 0.895. The SMILES string of the molecule is C=C/C=C(C=C)/C=C/c1ccc2oc3ccc(/C=C/c4ccccc4)cc3c2c1. The molecule has 0 aliphatic rings. The molecule has 0 N–H and O–H groups in total. The molecule has 0 aliphatic carbocycles. The number of benzene rings is 3. The van der Waals surface area contributed by atoms with E-state index in [0.717, 1.165) is 38.6 Å². The molecule has 3 aromatic carbocycles. The second-order valence-corrected chi connectivity index (χ2v) is 6.80. The largest absolute Gasteiger partial charge is 0.456 e. The van der Waals surface area contributed by atoms with Gasteiger partial charge in [-0.2, -0.15) is 0 Å². The number of rotatable bonds is 6. The van der Waals surface area contributed by atoms with E-state index in [2.05, 4.69) is 67.8 Å². The summed E-state index contributed by atoms with van der Waals surface area (Å²) >= 11 is 0. The van der Waals surface area contributed by atoms with Gasteiger partial charge in [0.1, 0.15) is 11.2 Å². The maximum atomic E-state index is 6.02. The van der Waals surface area contributed by atoms with Gasteiger partial charge in [-0.3, -0.25) is 0 Å². The molecule has 0 radical (unpaired) electrons. The van der Waals surface area contributed by atoms with Gasteiger partial charge in [-0.05, 0) is 46.5 Å². The predicted octanol–water partition coefficient (Wildman–Crippen LogP) is 8.07. The zero-order valence-corrected chi connectivity index (χ0v) is 16.2. The molecular formula is C28H22O. The molecule has 0 fully saturated rings. The van der Waals surface area contributed by atoms with Crippen molar-refractivity contribution in [1.82, 2.24) is 0 Å². The summed E-state index contributed by atoms with van der Waals surface area (Å²) in [6.07, 6.45) is 13.9. The van der Waals surface area contributed by atoms with Gasteiger partial charge in [-0.25, -0.2) is 0 Å². The Bertz CT molecular complexity index is 1260. The average molecular weight is 374 g/mol. The second kappa shape index (κ2) is 8.45. The number of allylic oxidation sites excluding steroid dienone is 5. The lowest BCUT2D eigenvalue weighted by Gasteiger charge is -1.97. The van der Waals surface area contributed by atoms with Gasteiger partial charge in [0.15, 0.2) is 0 Å². The minimum atomic E-state index is 0.895. The zero-order chi connectivity index (χ0) is 20.1. The van der Waals surface area contributed by atoms with E-state index in [0.29, 0.717) is 0 Å². The van der Waals surface area contributed by atoms with Gasteiger partial charge in [0.25, 0.3) is 0 Å². The Morgan fingerprint density at radius 1 is 0.690 bits per heavy atom. The summed E-state index contributed by atoms with van der Waals surface area (Å²) in [7, 11) is 0. The fourth-order valence-corrected chi connectivity index (χ4v) is 3.30. The van der Waals surface area contributed by atoms with Gasteiger partial charge >= 0.3 is 0 Å². The molecule has 0 aliphatic heterocycles. The molecule has 1 aromatic heterocycles. The predicted molar refractivity (Wildman–Crippen MR) is 127 cm³/mol. The molecule has 1 heterocycles. The summed E-state index contributed by atoms with van der Waals surface area (Å²) in [5.41, 5.74) is 6.26. The highest BCUT2D eigenvalue weighted by Crippen LogP contribution is 2.31. The monoisotopic (exact) mass is 374 g/mol. The molecule has 4 rings (SSSR count).